The SMILES string of the molecule is c1ccc2c(c1)oc1cccc(-c3nc(-c4ccc5oc6ccc(-n7c8ccccc8c8ccccc87)cc6c5c4)nc(-n4c5ccccc5c5ccccc54)n3)c12. The fourth-order valence-corrected chi connectivity index (χ4v) is 9.06. The number of para-hydroxylation sites is 5. The van der Waals surface area contributed by atoms with Crippen molar-refractivity contribution in [3.63, 3.8) is 0 Å². The maximum atomic E-state index is 6.47. The Bertz CT molecular complexity index is 3720. The molecule has 0 unspecified atom stereocenters. The van der Waals surface area contributed by atoms with Crippen LogP contribution in [0.15, 0.2) is 185 Å². The van der Waals surface area contributed by atoms with Crippen molar-refractivity contribution in [3.05, 3.63) is 176 Å². The van der Waals surface area contributed by atoms with E-state index >= 15 is 0 Å². The van der Waals surface area contributed by atoms with Crippen LogP contribution < -0.4 is 0 Å². The van der Waals surface area contributed by atoms with Crippen LogP contribution in [-0.4, -0.2) is 24.1 Å². The second kappa shape index (κ2) is 11.7. The highest BCUT2D eigenvalue weighted by atomic mass is 16.3. The molecule has 5 heterocycles. The highest BCUT2D eigenvalue weighted by Gasteiger charge is 2.21. The lowest BCUT2D eigenvalue weighted by Crippen LogP contribution is -2.06. The number of aromatic nitrogens is 5. The Hall–Kier alpha value is -8.03. The summed E-state index contributed by atoms with van der Waals surface area (Å²) >= 11 is 0. The molecular weight excluding hydrogens is 715 g/mol. The Morgan fingerprint density at radius 1 is 0.345 bits per heavy atom. The van der Waals surface area contributed by atoms with Gasteiger partial charge in [0.1, 0.15) is 22.3 Å². The fraction of sp³-hybridized carbons (Fsp3) is 0. The molecule has 7 nitrogen and oxygen atoms in total. The van der Waals surface area contributed by atoms with Gasteiger partial charge in [-0.2, -0.15) is 9.97 Å². The van der Waals surface area contributed by atoms with Crippen molar-refractivity contribution in [1.82, 2.24) is 24.1 Å². The molecule has 8 aromatic carbocycles. The maximum absolute atomic E-state index is 6.47. The van der Waals surface area contributed by atoms with Gasteiger partial charge in [0, 0.05) is 59.9 Å². The topological polar surface area (TPSA) is 74.8 Å². The lowest BCUT2D eigenvalue weighted by Gasteiger charge is -2.11. The largest absolute Gasteiger partial charge is 0.456 e. The van der Waals surface area contributed by atoms with Gasteiger partial charge in [-0.3, -0.25) is 4.57 Å². The van der Waals surface area contributed by atoms with Gasteiger partial charge in [-0.1, -0.05) is 103 Å². The molecule has 270 valence electrons. The lowest BCUT2D eigenvalue weighted by atomic mass is 10.1. The second-order valence-corrected chi connectivity index (χ2v) is 14.8. The molecule has 0 aliphatic heterocycles. The van der Waals surface area contributed by atoms with E-state index in [-0.39, 0.29) is 0 Å². The van der Waals surface area contributed by atoms with E-state index in [1.165, 1.54) is 10.8 Å². The number of furan rings is 2. The minimum atomic E-state index is 0.535. The number of hydrogen-bond donors (Lipinski definition) is 0. The molecule has 0 spiro atoms. The Kier molecular flexibility index (Phi) is 6.32. The first-order valence-electron chi connectivity index (χ1n) is 19.4. The zero-order valence-electron chi connectivity index (χ0n) is 30.8. The molecule has 0 bridgehead atoms. The normalized spacial score (nSPS) is 12.1. The van der Waals surface area contributed by atoms with E-state index in [1.54, 1.807) is 0 Å². The van der Waals surface area contributed by atoms with Crippen molar-refractivity contribution in [2.75, 3.05) is 0 Å². The van der Waals surface area contributed by atoms with Crippen LogP contribution in [0.4, 0.5) is 0 Å². The first-order chi connectivity index (χ1) is 28.7. The van der Waals surface area contributed by atoms with Gasteiger partial charge < -0.3 is 13.4 Å². The van der Waals surface area contributed by atoms with E-state index in [2.05, 4.69) is 143 Å². The first kappa shape index (κ1) is 31.2. The number of nitrogens with zero attached hydrogens (tertiary/aromatic N) is 5. The van der Waals surface area contributed by atoms with Gasteiger partial charge in [-0.05, 0) is 72.8 Å². The standard InChI is InChI=1S/C51H29N5O2/c1-6-18-40-32(12-1)33-13-2-7-19-41(33)55(40)31-25-27-46-39(29-31)38-28-30(24-26-45(38)57-46)49-52-50(37-17-11-23-47-48(37)36-16-5-10-22-44(36)58-47)54-51(53-49)56-42-20-8-3-14-34(42)35-15-4-9-21-43(35)56/h1-29H. The van der Waals surface area contributed by atoms with Crippen LogP contribution in [0.1, 0.15) is 0 Å². The van der Waals surface area contributed by atoms with Crippen LogP contribution in [0, 0.1) is 0 Å². The number of hydrogen-bond acceptors (Lipinski definition) is 5. The van der Waals surface area contributed by atoms with Crippen LogP contribution in [0.3, 0.4) is 0 Å². The Morgan fingerprint density at radius 2 is 0.845 bits per heavy atom. The van der Waals surface area contributed by atoms with Gasteiger partial charge in [0.05, 0.1) is 22.1 Å². The minimum Gasteiger partial charge on any atom is -0.456 e. The molecule has 0 saturated carbocycles. The Balaban J connectivity index is 1.06. The molecule has 13 aromatic rings. The summed E-state index contributed by atoms with van der Waals surface area (Å²) in [4.78, 5) is 15.8. The summed E-state index contributed by atoms with van der Waals surface area (Å²) in [5.41, 5.74) is 10.4. The summed E-state index contributed by atoms with van der Waals surface area (Å²) < 4.78 is 17.3. The third-order valence-corrected chi connectivity index (χ3v) is 11.6. The second-order valence-electron chi connectivity index (χ2n) is 14.8. The van der Waals surface area contributed by atoms with E-state index in [0.29, 0.717) is 17.6 Å². The number of rotatable bonds is 4. The lowest BCUT2D eigenvalue weighted by molar-refractivity contribution is 0.668. The van der Waals surface area contributed by atoms with E-state index in [4.69, 9.17) is 23.8 Å². The zero-order chi connectivity index (χ0) is 37.9. The molecule has 0 atom stereocenters. The fourth-order valence-electron chi connectivity index (χ4n) is 9.06. The Morgan fingerprint density at radius 3 is 1.52 bits per heavy atom. The van der Waals surface area contributed by atoms with Gasteiger partial charge >= 0.3 is 0 Å². The molecule has 0 amide bonds. The summed E-state index contributed by atoms with van der Waals surface area (Å²) in [6.07, 6.45) is 0. The quantitative estimate of drug-likeness (QED) is 0.179. The molecule has 0 radical (unpaired) electrons. The van der Waals surface area contributed by atoms with Gasteiger partial charge in [-0.15, -0.1) is 0 Å². The summed E-state index contributed by atoms with van der Waals surface area (Å²) in [5, 5.41) is 8.70. The van der Waals surface area contributed by atoms with Crippen molar-refractivity contribution in [1.29, 1.82) is 0 Å². The molecule has 0 saturated heterocycles. The van der Waals surface area contributed by atoms with Crippen LogP contribution in [0.25, 0.3) is 122 Å². The number of benzene rings is 8. The summed E-state index contributed by atoms with van der Waals surface area (Å²) in [7, 11) is 0. The summed E-state index contributed by atoms with van der Waals surface area (Å²) in [6.45, 7) is 0. The number of fused-ring (bicyclic) bond motifs is 12. The molecule has 0 aliphatic rings. The maximum Gasteiger partial charge on any atom is 0.238 e. The molecular formula is C51H29N5O2. The average Bonchev–Trinajstić information content (AvgIpc) is 4.03. The molecule has 0 N–H and O–H groups in total. The minimum absolute atomic E-state index is 0.535. The van der Waals surface area contributed by atoms with E-state index in [9.17, 15) is 0 Å². The third kappa shape index (κ3) is 4.41. The highest BCUT2D eigenvalue weighted by molar-refractivity contribution is 6.13. The van der Waals surface area contributed by atoms with E-state index < -0.39 is 0 Å². The van der Waals surface area contributed by atoms with Crippen molar-refractivity contribution in [2.45, 2.75) is 0 Å². The predicted octanol–water partition coefficient (Wildman–Crippen LogP) is 13.2. The van der Waals surface area contributed by atoms with Gasteiger partial charge in [-0.25, -0.2) is 4.98 Å². The molecule has 13 rings (SSSR count). The Labute approximate surface area is 329 Å². The van der Waals surface area contributed by atoms with Crippen molar-refractivity contribution in [2.24, 2.45) is 0 Å². The van der Waals surface area contributed by atoms with Crippen molar-refractivity contribution >= 4 is 87.5 Å². The van der Waals surface area contributed by atoms with Gasteiger partial charge in [0.25, 0.3) is 0 Å². The van der Waals surface area contributed by atoms with Crippen molar-refractivity contribution < 1.29 is 8.83 Å². The van der Waals surface area contributed by atoms with Crippen LogP contribution >= 0.6 is 0 Å². The van der Waals surface area contributed by atoms with Crippen LogP contribution in [-0.2, 0) is 0 Å². The molecule has 5 aromatic heterocycles. The van der Waals surface area contributed by atoms with E-state index in [0.717, 1.165) is 93.5 Å². The van der Waals surface area contributed by atoms with E-state index in [1.807, 2.05) is 42.5 Å². The van der Waals surface area contributed by atoms with Crippen molar-refractivity contribution in [3.8, 4) is 34.4 Å². The molecule has 58 heavy (non-hydrogen) atoms. The smallest absolute Gasteiger partial charge is 0.238 e. The third-order valence-electron chi connectivity index (χ3n) is 11.6. The summed E-state index contributed by atoms with van der Waals surface area (Å²) in [6, 6.07) is 60.8. The van der Waals surface area contributed by atoms with Crippen LogP contribution in [0.2, 0.25) is 0 Å². The predicted molar refractivity (Wildman–Crippen MR) is 234 cm³/mol. The van der Waals surface area contributed by atoms with Crippen LogP contribution in [0.5, 0.6) is 0 Å². The highest BCUT2D eigenvalue weighted by Crippen LogP contribution is 2.39. The molecule has 0 fully saturated rings. The molecule has 0 aliphatic carbocycles. The molecule has 7 heteroatoms. The first-order valence-corrected chi connectivity index (χ1v) is 19.4. The monoisotopic (exact) mass is 743 g/mol. The zero-order valence-corrected chi connectivity index (χ0v) is 30.8. The average molecular weight is 744 g/mol. The summed E-state index contributed by atoms with van der Waals surface area (Å²) in [5.74, 6) is 1.65. The van der Waals surface area contributed by atoms with Gasteiger partial charge in [0.2, 0.25) is 5.95 Å². The van der Waals surface area contributed by atoms with Gasteiger partial charge in [0.15, 0.2) is 11.6 Å².